The van der Waals surface area contributed by atoms with Crippen LogP contribution in [-0.2, 0) is 14.8 Å². The lowest BCUT2D eigenvalue weighted by Crippen LogP contribution is -2.36. The van der Waals surface area contributed by atoms with Crippen LogP contribution in [0.25, 0.3) is 0 Å². The highest BCUT2D eigenvalue weighted by molar-refractivity contribution is 7.92. The first kappa shape index (κ1) is 19.2. The van der Waals surface area contributed by atoms with Crippen LogP contribution >= 0.6 is 11.6 Å². The van der Waals surface area contributed by atoms with Gasteiger partial charge in [-0.05, 0) is 31.5 Å². The van der Waals surface area contributed by atoms with E-state index in [0.29, 0.717) is 17.7 Å². The SMILES string of the molecule is CCC1Oc2cc(S(=O)(=O)Nc3cccc(C(C)=O)c3)c(Cl)cc2NC1=O. The number of amides is 1. The van der Waals surface area contributed by atoms with Crippen LogP contribution in [0.1, 0.15) is 30.6 Å². The first-order valence-electron chi connectivity index (χ1n) is 8.16. The molecule has 142 valence electrons. The zero-order valence-electron chi connectivity index (χ0n) is 14.6. The number of sulfonamides is 1. The van der Waals surface area contributed by atoms with Crippen LogP contribution in [0.5, 0.6) is 5.75 Å². The van der Waals surface area contributed by atoms with E-state index in [1.165, 1.54) is 31.2 Å². The third-order valence-corrected chi connectivity index (χ3v) is 5.88. The van der Waals surface area contributed by atoms with E-state index >= 15 is 0 Å². The van der Waals surface area contributed by atoms with Gasteiger partial charge < -0.3 is 10.1 Å². The van der Waals surface area contributed by atoms with Crippen molar-refractivity contribution in [2.75, 3.05) is 10.0 Å². The number of ketones is 1. The lowest BCUT2D eigenvalue weighted by Gasteiger charge is -2.26. The molecule has 0 aliphatic carbocycles. The molecule has 2 N–H and O–H groups in total. The highest BCUT2D eigenvalue weighted by atomic mass is 35.5. The van der Waals surface area contributed by atoms with Gasteiger partial charge in [-0.1, -0.05) is 30.7 Å². The lowest BCUT2D eigenvalue weighted by atomic mass is 10.1. The summed E-state index contributed by atoms with van der Waals surface area (Å²) in [6.45, 7) is 3.18. The number of nitrogens with one attached hydrogen (secondary N) is 2. The van der Waals surface area contributed by atoms with Gasteiger partial charge in [-0.25, -0.2) is 8.42 Å². The third kappa shape index (κ3) is 3.91. The van der Waals surface area contributed by atoms with Crippen LogP contribution in [0.4, 0.5) is 11.4 Å². The van der Waals surface area contributed by atoms with Gasteiger partial charge in [0.25, 0.3) is 15.9 Å². The maximum Gasteiger partial charge on any atom is 0.265 e. The fourth-order valence-corrected chi connectivity index (χ4v) is 4.23. The highest BCUT2D eigenvalue weighted by Gasteiger charge is 2.29. The van der Waals surface area contributed by atoms with Gasteiger partial charge in [0.2, 0.25) is 0 Å². The van der Waals surface area contributed by atoms with E-state index in [4.69, 9.17) is 16.3 Å². The van der Waals surface area contributed by atoms with E-state index in [9.17, 15) is 18.0 Å². The maximum atomic E-state index is 12.8. The molecule has 0 saturated heterocycles. The Labute approximate surface area is 161 Å². The number of fused-ring (bicyclic) bond motifs is 1. The minimum Gasteiger partial charge on any atom is -0.478 e. The molecule has 1 heterocycles. The van der Waals surface area contributed by atoms with Gasteiger partial charge in [-0.3, -0.25) is 14.3 Å². The minimum atomic E-state index is -4.04. The molecule has 1 aliphatic rings. The summed E-state index contributed by atoms with van der Waals surface area (Å²) in [6.07, 6.45) is -0.263. The lowest BCUT2D eigenvalue weighted by molar-refractivity contribution is -0.123. The van der Waals surface area contributed by atoms with Crippen molar-refractivity contribution in [3.05, 3.63) is 47.0 Å². The molecule has 1 atom stereocenters. The predicted octanol–water partition coefficient (Wildman–Crippen LogP) is 3.45. The van der Waals surface area contributed by atoms with Crippen LogP contribution in [0.15, 0.2) is 41.3 Å². The van der Waals surface area contributed by atoms with Gasteiger partial charge in [0.15, 0.2) is 11.9 Å². The number of carbonyl (C=O) groups is 2. The van der Waals surface area contributed by atoms with Gasteiger partial charge in [-0.2, -0.15) is 0 Å². The van der Waals surface area contributed by atoms with E-state index in [1.807, 2.05) is 0 Å². The second kappa shape index (κ2) is 7.21. The summed E-state index contributed by atoms with van der Waals surface area (Å²) in [5.41, 5.74) is 0.924. The van der Waals surface area contributed by atoms with Crippen molar-refractivity contribution < 1.29 is 22.7 Å². The molecule has 2 aromatic rings. The molecule has 0 saturated carbocycles. The molecule has 1 amide bonds. The number of benzene rings is 2. The summed E-state index contributed by atoms with van der Waals surface area (Å²) >= 11 is 6.13. The highest BCUT2D eigenvalue weighted by Crippen LogP contribution is 2.37. The molecule has 1 unspecified atom stereocenters. The fourth-order valence-electron chi connectivity index (χ4n) is 2.64. The molecule has 3 rings (SSSR count). The summed E-state index contributed by atoms with van der Waals surface area (Å²) < 4.78 is 33.5. The van der Waals surface area contributed by atoms with Gasteiger partial charge in [0, 0.05) is 17.3 Å². The normalized spacial score (nSPS) is 16.1. The average molecular weight is 409 g/mol. The predicted molar refractivity (Wildman–Crippen MR) is 102 cm³/mol. The second-order valence-corrected chi connectivity index (χ2v) is 8.08. The van der Waals surface area contributed by atoms with Gasteiger partial charge >= 0.3 is 0 Å². The first-order chi connectivity index (χ1) is 12.7. The Balaban J connectivity index is 1.97. The standard InChI is InChI=1S/C18H17ClN2O5S/c1-3-15-18(23)20-14-8-13(19)17(9-16(14)26-15)27(24,25)21-12-6-4-5-11(7-12)10(2)22/h4-9,15,21H,3H2,1-2H3,(H,20,23). The number of halogens is 1. The zero-order valence-corrected chi connectivity index (χ0v) is 16.1. The summed E-state index contributed by atoms with van der Waals surface area (Å²) in [5.74, 6) is -0.267. The molecule has 0 radical (unpaired) electrons. The zero-order chi connectivity index (χ0) is 19.8. The molecule has 27 heavy (non-hydrogen) atoms. The van der Waals surface area contributed by atoms with Crippen LogP contribution in [0.2, 0.25) is 5.02 Å². The summed E-state index contributed by atoms with van der Waals surface area (Å²) in [6, 6.07) is 8.75. The third-order valence-electron chi connectivity index (χ3n) is 4.04. The van der Waals surface area contributed by atoms with Crippen LogP contribution in [0.3, 0.4) is 0 Å². The molecule has 9 heteroatoms. The first-order valence-corrected chi connectivity index (χ1v) is 10.0. The smallest absolute Gasteiger partial charge is 0.265 e. The van der Waals surface area contributed by atoms with Crippen molar-refractivity contribution in [1.29, 1.82) is 0 Å². The van der Waals surface area contributed by atoms with Crippen molar-refractivity contribution in [3.8, 4) is 5.75 Å². The molecule has 0 fully saturated rings. The van der Waals surface area contributed by atoms with E-state index in [0.717, 1.165) is 0 Å². The molecule has 1 aliphatic heterocycles. The van der Waals surface area contributed by atoms with Crippen molar-refractivity contribution in [1.82, 2.24) is 0 Å². The Morgan fingerprint density at radius 2 is 2.04 bits per heavy atom. The Hall–Kier alpha value is -2.58. The fraction of sp³-hybridized carbons (Fsp3) is 0.222. The van der Waals surface area contributed by atoms with Crippen molar-refractivity contribution >= 4 is 44.7 Å². The molecule has 2 aromatic carbocycles. The molecular formula is C18H17ClN2O5S. The number of Topliss-reactive ketones (excluding diaryl/α,β-unsaturated/α-hetero) is 1. The average Bonchev–Trinajstić information content (AvgIpc) is 2.60. The van der Waals surface area contributed by atoms with Crippen molar-refractivity contribution in [3.63, 3.8) is 0 Å². The number of ether oxygens (including phenoxy) is 1. The quantitative estimate of drug-likeness (QED) is 0.738. The Bertz CT molecular complexity index is 1040. The number of carbonyl (C=O) groups excluding carboxylic acids is 2. The summed E-state index contributed by atoms with van der Waals surface area (Å²) in [7, 11) is -4.04. The van der Waals surface area contributed by atoms with Crippen LogP contribution < -0.4 is 14.8 Å². The molecular weight excluding hydrogens is 392 g/mol. The monoisotopic (exact) mass is 408 g/mol. The molecule has 0 aromatic heterocycles. The largest absolute Gasteiger partial charge is 0.478 e. The second-order valence-electron chi connectivity index (χ2n) is 6.03. The number of hydrogen-bond donors (Lipinski definition) is 2. The van der Waals surface area contributed by atoms with Crippen molar-refractivity contribution in [2.24, 2.45) is 0 Å². The van der Waals surface area contributed by atoms with E-state index in [-0.39, 0.29) is 33.0 Å². The number of anilines is 2. The maximum absolute atomic E-state index is 12.8. The van der Waals surface area contributed by atoms with Crippen LogP contribution in [0, 0.1) is 0 Å². The Kier molecular flexibility index (Phi) is 5.12. The molecule has 7 nitrogen and oxygen atoms in total. The van der Waals surface area contributed by atoms with E-state index in [2.05, 4.69) is 10.0 Å². The van der Waals surface area contributed by atoms with Gasteiger partial charge in [0.05, 0.1) is 10.7 Å². The van der Waals surface area contributed by atoms with Crippen molar-refractivity contribution in [2.45, 2.75) is 31.3 Å². The minimum absolute atomic E-state index is 0.0668. The summed E-state index contributed by atoms with van der Waals surface area (Å²) in [4.78, 5) is 23.2. The number of rotatable bonds is 5. The molecule has 0 spiro atoms. The number of hydrogen-bond acceptors (Lipinski definition) is 5. The van der Waals surface area contributed by atoms with E-state index in [1.54, 1.807) is 19.1 Å². The summed E-state index contributed by atoms with van der Waals surface area (Å²) in [5, 5.41) is 2.58. The van der Waals surface area contributed by atoms with Gasteiger partial charge in [0.1, 0.15) is 10.6 Å². The Morgan fingerprint density at radius 1 is 1.30 bits per heavy atom. The topological polar surface area (TPSA) is 102 Å². The molecule has 0 bridgehead atoms. The Morgan fingerprint density at radius 3 is 2.70 bits per heavy atom. The van der Waals surface area contributed by atoms with E-state index < -0.39 is 16.1 Å². The van der Waals surface area contributed by atoms with Gasteiger partial charge in [-0.15, -0.1) is 0 Å². The van der Waals surface area contributed by atoms with Crippen LogP contribution in [-0.4, -0.2) is 26.2 Å².